The number of pyridine rings is 1. The lowest BCUT2D eigenvalue weighted by Gasteiger charge is -2.03. The second-order valence-electron chi connectivity index (χ2n) is 4.35. The van der Waals surface area contributed by atoms with Crippen molar-refractivity contribution in [2.45, 2.75) is 0 Å². The molecule has 4 heterocycles. The molecule has 0 amide bonds. The molecule has 0 bridgehead atoms. The van der Waals surface area contributed by atoms with E-state index in [1.54, 1.807) is 29.5 Å². The Balaban J connectivity index is 1.74. The molecule has 0 fully saturated rings. The van der Waals surface area contributed by atoms with Crippen molar-refractivity contribution in [3.63, 3.8) is 0 Å². The molecule has 0 aromatic carbocycles. The monoisotopic (exact) mass is 262 g/mol. The first kappa shape index (κ1) is 10.9. The lowest BCUT2D eigenvalue weighted by molar-refractivity contribution is 0.838. The van der Waals surface area contributed by atoms with Gasteiger partial charge >= 0.3 is 0 Å². The summed E-state index contributed by atoms with van der Waals surface area (Å²) in [6.07, 6.45) is 10.6. The van der Waals surface area contributed by atoms with Crippen LogP contribution in [0.25, 0.3) is 28.1 Å². The lowest BCUT2D eigenvalue weighted by Crippen LogP contribution is -1.99. The zero-order valence-electron chi connectivity index (χ0n) is 10.4. The Hall–Kier alpha value is -3.02. The van der Waals surface area contributed by atoms with Crippen molar-refractivity contribution in [1.29, 1.82) is 0 Å². The summed E-state index contributed by atoms with van der Waals surface area (Å²) in [4.78, 5) is 16.2. The van der Waals surface area contributed by atoms with Crippen LogP contribution in [0.4, 0.5) is 0 Å². The van der Waals surface area contributed by atoms with Crippen molar-refractivity contribution < 1.29 is 0 Å². The van der Waals surface area contributed by atoms with E-state index in [4.69, 9.17) is 0 Å². The highest BCUT2D eigenvalue weighted by atomic mass is 15.3. The summed E-state index contributed by atoms with van der Waals surface area (Å²) in [5.74, 6) is 0.689. The van der Waals surface area contributed by atoms with E-state index in [-0.39, 0.29) is 0 Å². The molecule has 0 radical (unpaired) electrons. The molecule has 4 aromatic rings. The Kier molecular flexibility index (Phi) is 2.32. The van der Waals surface area contributed by atoms with Gasteiger partial charge in [0.1, 0.15) is 5.65 Å². The van der Waals surface area contributed by atoms with E-state index in [0.717, 1.165) is 22.3 Å². The average molecular weight is 262 g/mol. The fourth-order valence-electron chi connectivity index (χ4n) is 2.07. The normalized spacial score (nSPS) is 11.0. The van der Waals surface area contributed by atoms with Gasteiger partial charge in [0.25, 0.3) is 0 Å². The molecule has 6 nitrogen and oxygen atoms in total. The third-order valence-electron chi connectivity index (χ3n) is 3.07. The van der Waals surface area contributed by atoms with Gasteiger partial charge in [0, 0.05) is 35.7 Å². The quantitative estimate of drug-likeness (QED) is 0.601. The molecule has 4 rings (SSSR count). The van der Waals surface area contributed by atoms with Gasteiger partial charge in [0.05, 0.1) is 18.1 Å². The fourth-order valence-corrected chi connectivity index (χ4v) is 2.07. The Labute approximate surface area is 114 Å². The minimum absolute atomic E-state index is 0.689. The van der Waals surface area contributed by atoms with Crippen molar-refractivity contribution in [2.75, 3.05) is 0 Å². The summed E-state index contributed by atoms with van der Waals surface area (Å²) < 4.78 is 1.67. The van der Waals surface area contributed by atoms with Crippen LogP contribution in [0.5, 0.6) is 0 Å². The van der Waals surface area contributed by atoms with E-state index in [1.165, 1.54) is 0 Å². The highest BCUT2D eigenvalue weighted by Crippen LogP contribution is 2.20. The molecule has 96 valence electrons. The van der Waals surface area contributed by atoms with Crippen molar-refractivity contribution in [1.82, 2.24) is 29.7 Å². The predicted molar refractivity (Wildman–Crippen MR) is 74.2 cm³/mol. The van der Waals surface area contributed by atoms with Gasteiger partial charge in [0.2, 0.25) is 0 Å². The Morgan fingerprint density at radius 1 is 1.05 bits per heavy atom. The summed E-state index contributed by atoms with van der Waals surface area (Å²) in [5, 5.41) is 5.18. The number of aromatic nitrogens is 6. The summed E-state index contributed by atoms with van der Waals surface area (Å²) in [6, 6.07) is 5.87. The summed E-state index contributed by atoms with van der Waals surface area (Å²) in [7, 11) is 0. The van der Waals surface area contributed by atoms with Crippen LogP contribution in [-0.2, 0) is 0 Å². The topological polar surface area (TPSA) is 72.3 Å². The molecular formula is C14H10N6. The first-order valence-corrected chi connectivity index (χ1v) is 6.16. The van der Waals surface area contributed by atoms with Gasteiger partial charge in [-0.25, -0.2) is 14.6 Å². The van der Waals surface area contributed by atoms with E-state index in [0.29, 0.717) is 5.82 Å². The number of rotatable bonds is 2. The minimum atomic E-state index is 0.689. The maximum absolute atomic E-state index is 4.42. The average Bonchev–Trinajstić information content (AvgIpc) is 3.18. The van der Waals surface area contributed by atoms with Crippen LogP contribution in [0.3, 0.4) is 0 Å². The van der Waals surface area contributed by atoms with Crippen LogP contribution >= 0.6 is 0 Å². The Bertz CT molecular complexity index is 845. The Morgan fingerprint density at radius 3 is 2.85 bits per heavy atom. The van der Waals surface area contributed by atoms with E-state index >= 15 is 0 Å². The second-order valence-corrected chi connectivity index (χ2v) is 4.35. The molecule has 20 heavy (non-hydrogen) atoms. The van der Waals surface area contributed by atoms with Gasteiger partial charge in [-0.3, -0.25) is 4.98 Å². The van der Waals surface area contributed by atoms with Crippen LogP contribution < -0.4 is 0 Å². The number of nitrogens with zero attached hydrogens (tertiary/aromatic N) is 5. The molecule has 6 heteroatoms. The first-order chi connectivity index (χ1) is 9.90. The molecular weight excluding hydrogens is 252 g/mol. The third kappa shape index (κ3) is 1.74. The van der Waals surface area contributed by atoms with Gasteiger partial charge in [-0.15, -0.1) is 0 Å². The maximum Gasteiger partial charge on any atom is 0.171 e. The smallest absolute Gasteiger partial charge is 0.171 e. The molecule has 0 saturated heterocycles. The van der Waals surface area contributed by atoms with Gasteiger partial charge in [-0.2, -0.15) is 5.10 Å². The molecule has 0 spiro atoms. The third-order valence-corrected chi connectivity index (χ3v) is 3.07. The van der Waals surface area contributed by atoms with Crippen molar-refractivity contribution in [3.8, 4) is 17.1 Å². The highest BCUT2D eigenvalue weighted by Gasteiger charge is 2.04. The van der Waals surface area contributed by atoms with Crippen LogP contribution in [0.1, 0.15) is 0 Å². The zero-order valence-corrected chi connectivity index (χ0v) is 10.4. The molecule has 0 atom stereocenters. The number of fused-ring (bicyclic) bond motifs is 1. The number of hydrogen-bond acceptors (Lipinski definition) is 4. The number of hydrogen-bond donors (Lipinski definition) is 1. The molecule has 1 N–H and O–H groups in total. The van der Waals surface area contributed by atoms with Crippen LogP contribution in [0.15, 0.2) is 55.4 Å². The van der Waals surface area contributed by atoms with Gasteiger partial charge in [0.15, 0.2) is 5.82 Å². The van der Waals surface area contributed by atoms with Gasteiger partial charge in [-0.1, -0.05) is 0 Å². The highest BCUT2D eigenvalue weighted by molar-refractivity contribution is 5.80. The summed E-state index contributed by atoms with van der Waals surface area (Å²) >= 11 is 0. The lowest BCUT2D eigenvalue weighted by atomic mass is 10.2. The predicted octanol–water partition coefficient (Wildman–Crippen LogP) is 2.21. The van der Waals surface area contributed by atoms with E-state index in [1.807, 2.05) is 30.6 Å². The number of nitrogens with one attached hydrogen (secondary N) is 1. The van der Waals surface area contributed by atoms with Crippen molar-refractivity contribution >= 4 is 11.0 Å². The molecule has 0 unspecified atom stereocenters. The molecule has 0 aliphatic rings. The van der Waals surface area contributed by atoms with Gasteiger partial charge in [-0.05, 0) is 18.2 Å². The number of aromatic amines is 1. The minimum Gasteiger partial charge on any atom is -0.346 e. The van der Waals surface area contributed by atoms with E-state index in [9.17, 15) is 0 Å². The first-order valence-electron chi connectivity index (χ1n) is 6.16. The van der Waals surface area contributed by atoms with E-state index < -0.39 is 0 Å². The van der Waals surface area contributed by atoms with Crippen LogP contribution in [0, 0.1) is 0 Å². The SMILES string of the molecule is c1cnn(-c2cnc(-c3cnc4[nH]ccc4c3)cn2)c1. The summed E-state index contributed by atoms with van der Waals surface area (Å²) in [5.41, 5.74) is 2.60. The van der Waals surface area contributed by atoms with Crippen LogP contribution in [0.2, 0.25) is 0 Å². The second kappa shape index (κ2) is 4.27. The fraction of sp³-hybridized carbons (Fsp3) is 0. The van der Waals surface area contributed by atoms with Crippen molar-refractivity contribution in [3.05, 3.63) is 55.4 Å². The molecule has 4 aromatic heterocycles. The van der Waals surface area contributed by atoms with Crippen molar-refractivity contribution in [2.24, 2.45) is 0 Å². The van der Waals surface area contributed by atoms with E-state index in [2.05, 4.69) is 25.0 Å². The van der Waals surface area contributed by atoms with Crippen LogP contribution in [-0.4, -0.2) is 29.7 Å². The number of H-pyrrole nitrogens is 1. The standard InChI is InChI=1S/C14H10N6/c1-3-19-20(5-1)13-9-16-12(8-17-13)11-6-10-2-4-15-14(10)18-7-11/h1-9H,(H,15,18). The molecule has 0 aliphatic carbocycles. The zero-order chi connectivity index (χ0) is 13.4. The Morgan fingerprint density at radius 2 is 2.05 bits per heavy atom. The van der Waals surface area contributed by atoms with Gasteiger partial charge < -0.3 is 4.98 Å². The molecule has 0 aliphatic heterocycles. The largest absolute Gasteiger partial charge is 0.346 e. The molecule has 0 saturated carbocycles. The maximum atomic E-state index is 4.42. The summed E-state index contributed by atoms with van der Waals surface area (Å²) in [6.45, 7) is 0.